The molecular formula is C31H25N5O4S. The lowest BCUT2D eigenvalue weighted by Gasteiger charge is -2.16. The second-order valence-corrected chi connectivity index (χ2v) is 10.3. The van der Waals surface area contributed by atoms with E-state index in [2.05, 4.69) is 5.32 Å². The number of benzene rings is 2. The number of nitrogen functional groups attached to an aromatic ring is 1. The summed E-state index contributed by atoms with van der Waals surface area (Å²) in [5.41, 5.74) is 10.8. The number of ether oxygens (including phenoxy) is 2. The van der Waals surface area contributed by atoms with E-state index in [9.17, 15) is 9.59 Å². The maximum absolute atomic E-state index is 13.8. The number of nitrogens with zero attached hydrogens (tertiary/aromatic N) is 3. The van der Waals surface area contributed by atoms with Gasteiger partial charge in [0.05, 0.1) is 41.7 Å². The fourth-order valence-corrected chi connectivity index (χ4v) is 6.01. The molecule has 3 N–H and O–H groups in total. The first kappa shape index (κ1) is 26.0. The molecule has 0 fully saturated rings. The zero-order valence-corrected chi connectivity index (χ0v) is 23.3. The number of pyridine rings is 2. The Balaban J connectivity index is 1.63. The van der Waals surface area contributed by atoms with Crippen molar-refractivity contribution in [2.45, 2.75) is 6.92 Å². The molecule has 2 aromatic carbocycles. The van der Waals surface area contributed by atoms with Gasteiger partial charge in [-0.25, -0.2) is 9.97 Å². The van der Waals surface area contributed by atoms with Crippen LogP contribution in [0, 0.1) is 6.92 Å². The molecule has 0 aliphatic heterocycles. The van der Waals surface area contributed by atoms with Crippen molar-refractivity contribution in [3.63, 3.8) is 0 Å². The van der Waals surface area contributed by atoms with Crippen LogP contribution in [0.1, 0.15) is 16.1 Å². The van der Waals surface area contributed by atoms with E-state index in [0.717, 1.165) is 0 Å². The summed E-state index contributed by atoms with van der Waals surface area (Å²) < 4.78 is 12.5. The minimum absolute atomic E-state index is 0.227. The normalized spacial score (nSPS) is 11.1. The van der Waals surface area contributed by atoms with E-state index in [1.165, 1.54) is 21.8 Å². The molecule has 4 heterocycles. The number of nitrogens with two attached hydrogens (primary N) is 1. The zero-order valence-electron chi connectivity index (χ0n) is 22.5. The van der Waals surface area contributed by atoms with Crippen molar-refractivity contribution in [2.24, 2.45) is 0 Å². The van der Waals surface area contributed by atoms with Crippen LogP contribution in [0.15, 0.2) is 83.8 Å². The van der Waals surface area contributed by atoms with Crippen LogP contribution >= 0.6 is 11.3 Å². The van der Waals surface area contributed by atoms with Crippen LogP contribution in [-0.4, -0.2) is 34.5 Å². The standard InChI is InChI=1S/C31H25N5O4S/c1-17-25(30(38)34-19-9-5-4-6-10-19)26(18-12-13-21(39-2)22(15-18)40-3)27-28(32)29(41-31(27)33-17)20-16-24(37)36-14-8-7-11-23(36)35-20/h4-16H,32H2,1-3H3,(H,34,38). The molecule has 0 unspecified atom stereocenters. The number of fused-ring (bicyclic) bond motifs is 2. The summed E-state index contributed by atoms with van der Waals surface area (Å²) in [5.74, 6) is 0.718. The van der Waals surface area contributed by atoms with Gasteiger partial charge in [0, 0.05) is 28.9 Å². The van der Waals surface area contributed by atoms with Crippen molar-refractivity contribution in [2.75, 3.05) is 25.3 Å². The van der Waals surface area contributed by atoms with Gasteiger partial charge in [0.1, 0.15) is 10.5 Å². The summed E-state index contributed by atoms with van der Waals surface area (Å²) in [6.07, 6.45) is 1.67. The Kier molecular flexibility index (Phi) is 6.60. The molecule has 0 aliphatic rings. The third-order valence-electron chi connectivity index (χ3n) is 6.79. The molecule has 0 aliphatic carbocycles. The molecule has 0 saturated carbocycles. The van der Waals surface area contributed by atoms with Gasteiger partial charge in [0.15, 0.2) is 11.5 Å². The quantitative estimate of drug-likeness (QED) is 0.263. The second kappa shape index (κ2) is 10.4. The number of rotatable bonds is 6. The topological polar surface area (TPSA) is 121 Å². The summed E-state index contributed by atoms with van der Waals surface area (Å²) >= 11 is 1.32. The number of hydrogen-bond acceptors (Lipinski definition) is 8. The molecule has 9 nitrogen and oxygen atoms in total. The maximum atomic E-state index is 13.8. The average Bonchev–Trinajstić information content (AvgIpc) is 3.31. The van der Waals surface area contributed by atoms with Gasteiger partial charge in [-0.1, -0.05) is 30.3 Å². The molecule has 6 aromatic rings. The van der Waals surface area contributed by atoms with Crippen molar-refractivity contribution in [3.8, 4) is 33.2 Å². The van der Waals surface area contributed by atoms with Crippen LogP contribution in [0.3, 0.4) is 0 Å². The van der Waals surface area contributed by atoms with Gasteiger partial charge in [-0.15, -0.1) is 11.3 Å². The highest BCUT2D eigenvalue weighted by atomic mass is 32.1. The van der Waals surface area contributed by atoms with Gasteiger partial charge in [-0.3, -0.25) is 14.0 Å². The van der Waals surface area contributed by atoms with Crippen LogP contribution in [0.4, 0.5) is 11.4 Å². The summed E-state index contributed by atoms with van der Waals surface area (Å²) in [6, 6.07) is 21.5. The van der Waals surface area contributed by atoms with Crippen molar-refractivity contribution >= 4 is 44.5 Å². The largest absolute Gasteiger partial charge is 0.493 e. The number of para-hydroxylation sites is 1. The van der Waals surface area contributed by atoms with Crippen molar-refractivity contribution in [1.82, 2.24) is 14.4 Å². The second-order valence-electron chi connectivity index (χ2n) is 9.27. The predicted octanol–water partition coefficient (Wildman–Crippen LogP) is 5.80. The van der Waals surface area contributed by atoms with E-state index in [0.29, 0.717) is 71.7 Å². The number of amides is 1. The summed E-state index contributed by atoms with van der Waals surface area (Å²) in [4.78, 5) is 37.4. The lowest BCUT2D eigenvalue weighted by molar-refractivity contribution is 0.102. The first-order valence-electron chi connectivity index (χ1n) is 12.7. The van der Waals surface area contributed by atoms with Gasteiger partial charge in [-0.2, -0.15) is 0 Å². The summed E-state index contributed by atoms with van der Waals surface area (Å²) in [5, 5.41) is 3.58. The Morgan fingerprint density at radius 2 is 1.71 bits per heavy atom. The predicted molar refractivity (Wildman–Crippen MR) is 162 cm³/mol. The van der Waals surface area contributed by atoms with Gasteiger partial charge < -0.3 is 20.5 Å². The molecule has 4 aromatic heterocycles. The van der Waals surface area contributed by atoms with Crippen LogP contribution < -0.4 is 26.1 Å². The molecule has 0 spiro atoms. The van der Waals surface area contributed by atoms with Crippen molar-refractivity contribution < 1.29 is 14.3 Å². The molecule has 0 radical (unpaired) electrons. The lowest BCUT2D eigenvalue weighted by atomic mass is 9.94. The fourth-order valence-electron chi connectivity index (χ4n) is 4.90. The van der Waals surface area contributed by atoms with E-state index >= 15 is 0 Å². The third kappa shape index (κ3) is 4.53. The van der Waals surface area contributed by atoms with Crippen molar-refractivity contribution in [3.05, 3.63) is 101 Å². The van der Waals surface area contributed by atoms with Gasteiger partial charge >= 0.3 is 0 Å². The fraction of sp³-hybridized carbons (Fsp3) is 0.0968. The van der Waals surface area contributed by atoms with E-state index in [-0.39, 0.29) is 11.5 Å². The molecule has 10 heteroatoms. The molecule has 0 bridgehead atoms. The molecule has 41 heavy (non-hydrogen) atoms. The summed E-state index contributed by atoms with van der Waals surface area (Å²) in [6.45, 7) is 1.79. The Morgan fingerprint density at radius 3 is 2.46 bits per heavy atom. The number of carbonyl (C=O) groups is 1. The van der Waals surface area contributed by atoms with Gasteiger partial charge in [-0.05, 0) is 48.9 Å². The molecule has 0 atom stereocenters. The SMILES string of the molecule is COc1ccc(-c2c(C(=O)Nc3ccccc3)c(C)nc3sc(-c4cc(=O)n5ccccc5n4)c(N)c23)cc1OC. The highest BCUT2D eigenvalue weighted by Gasteiger charge is 2.26. The number of hydrogen-bond donors (Lipinski definition) is 2. The summed E-state index contributed by atoms with van der Waals surface area (Å²) in [7, 11) is 3.12. The zero-order chi connectivity index (χ0) is 28.7. The Hall–Kier alpha value is -5.22. The Labute approximate surface area is 238 Å². The molecule has 204 valence electrons. The number of aromatic nitrogens is 3. The molecule has 0 saturated heterocycles. The van der Waals surface area contributed by atoms with Crippen molar-refractivity contribution in [1.29, 1.82) is 0 Å². The number of carbonyl (C=O) groups excluding carboxylic acids is 1. The van der Waals surface area contributed by atoms with Crippen LogP contribution in [0.5, 0.6) is 11.5 Å². The monoisotopic (exact) mass is 563 g/mol. The smallest absolute Gasteiger partial charge is 0.258 e. The molecule has 6 rings (SSSR count). The Bertz CT molecular complexity index is 2020. The van der Waals surface area contributed by atoms with Crippen LogP contribution in [0.25, 0.3) is 37.6 Å². The van der Waals surface area contributed by atoms with E-state index in [4.69, 9.17) is 25.2 Å². The van der Waals surface area contributed by atoms with E-state index in [1.54, 1.807) is 45.5 Å². The van der Waals surface area contributed by atoms with Gasteiger partial charge in [0.2, 0.25) is 0 Å². The Morgan fingerprint density at radius 1 is 0.951 bits per heavy atom. The minimum atomic E-state index is -0.331. The number of methoxy groups -OCH3 is 2. The third-order valence-corrected chi connectivity index (χ3v) is 7.91. The van der Waals surface area contributed by atoms with Gasteiger partial charge in [0.25, 0.3) is 11.5 Å². The number of nitrogens with one attached hydrogen (secondary N) is 1. The minimum Gasteiger partial charge on any atom is -0.493 e. The van der Waals surface area contributed by atoms with E-state index < -0.39 is 0 Å². The highest BCUT2D eigenvalue weighted by Crippen LogP contribution is 2.46. The van der Waals surface area contributed by atoms with E-state index in [1.807, 2.05) is 48.5 Å². The first-order chi connectivity index (χ1) is 19.9. The number of thiophene rings is 1. The average molecular weight is 564 g/mol. The number of aryl methyl sites for hydroxylation is 1. The van der Waals surface area contributed by atoms with Crippen LogP contribution in [-0.2, 0) is 0 Å². The van der Waals surface area contributed by atoms with Crippen LogP contribution in [0.2, 0.25) is 0 Å². The lowest BCUT2D eigenvalue weighted by Crippen LogP contribution is -2.16. The number of anilines is 2. The maximum Gasteiger partial charge on any atom is 0.258 e. The first-order valence-corrected chi connectivity index (χ1v) is 13.5. The highest BCUT2D eigenvalue weighted by molar-refractivity contribution is 7.22. The molecular weight excluding hydrogens is 538 g/mol. The molecule has 1 amide bonds.